The zero-order valence-corrected chi connectivity index (χ0v) is 20.5. The number of carbonyl (C=O) groups is 3. The van der Waals surface area contributed by atoms with Gasteiger partial charge in [0.1, 0.15) is 5.69 Å². The van der Waals surface area contributed by atoms with Crippen molar-refractivity contribution in [1.82, 2.24) is 4.68 Å². The van der Waals surface area contributed by atoms with Crippen molar-refractivity contribution in [1.29, 1.82) is 0 Å². The highest BCUT2D eigenvalue weighted by Crippen LogP contribution is 2.25. The van der Waals surface area contributed by atoms with Crippen molar-refractivity contribution < 1.29 is 14.4 Å². The molecule has 4 rings (SSSR count). The number of hydrogen-bond donors (Lipinski definition) is 3. The molecule has 0 bridgehead atoms. The second kappa shape index (κ2) is 9.52. The predicted octanol–water partition coefficient (Wildman–Crippen LogP) is 5.29. The number of aryl methyl sites for hydroxylation is 3. The average molecular weight is 519 g/mol. The van der Waals surface area contributed by atoms with Crippen molar-refractivity contribution in [2.45, 2.75) is 20.8 Å². The number of benzene rings is 3. The first-order valence-corrected chi connectivity index (χ1v) is 11.4. The van der Waals surface area contributed by atoms with Crippen LogP contribution in [0.1, 0.15) is 27.2 Å². The molecule has 1 aromatic heterocycles. The maximum Gasteiger partial charge on any atom is 0.328 e. The van der Waals surface area contributed by atoms with Crippen LogP contribution >= 0.6 is 15.9 Å². The van der Waals surface area contributed by atoms with Gasteiger partial charge in [0, 0.05) is 21.2 Å². The number of anilines is 2. The van der Waals surface area contributed by atoms with Gasteiger partial charge in [-0.2, -0.15) is 0 Å². The second-order valence-electron chi connectivity index (χ2n) is 8.00. The summed E-state index contributed by atoms with van der Waals surface area (Å²) in [5, 5.41) is 6.27. The highest BCUT2D eigenvalue weighted by molar-refractivity contribution is 9.10. The second-order valence-corrected chi connectivity index (χ2v) is 8.91. The van der Waals surface area contributed by atoms with E-state index in [2.05, 4.69) is 32.0 Å². The number of nitrogens with zero attached hydrogens (tertiary/aromatic N) is 1. The minimum absolute atomic E-state index is 0.185. The largest absolute Gasteiger partial charge is 0.328 e. The lowest BCUT2D eigenvalue weighted by Gasteiger charge is -2.14. The van der Waals surface area contributed by atoms with E-state index in [1.807, 2.05) is 63.2 Å². The third-order valence-corrected chi connectivity index (χ3v) is 6.02. The fourth-order valence-electron chi connectivity index (χ4n) is 3.71. The third-order valence-electron chi connectivity index (χ3n) is 5.53. The predicted molar refractivity (Wildman–Crippen MR) is 138 cm³/mol. The Labute approximate surface area is 205 Å². The number of para-hydroxylation sites is 2. The van der Waals surface area contributed by atoms with Crippen molar-refractivity contribution in [3.63, 3.8) is 0 Å². The molecule has 8 heteroatoms. The molecule has 3 amide bonds. The first-order chi connectivity index (χ1) is 16.2. The molecule has 1 heterocycles. The Balaban J connectivity index is 1.65. The molecule has 7 nitrogen and oxygen atoms in total. The van der Waals surface area contributed by atoms with Crippen LogP contribution in [-0.2, 0) is 9.59 Å². The minimum atomic E-state index is -0.895. The first-order valence-electron chi connectivity index (χ1n) is 10.6. The van der Waals surface area contributed by atoms with E-state index < -0.39 is 17.7 Å². The number of hydrogen-bond acceptors (Lipinski definition) is 3. The van der Waals surface area contributed by atoms with Crippen molar-refractivity contribution in [2.75, 3.05) is 16.1 Å². The van der Waals surface area contributed by atoms with Gasteiger partial charge < -0.3 is 10.6 Å². The zero-order valence-electron chi connectivity index (χ0n) is 18.9. The summed E-state index contributed by atoms with van der Waals surface area (Å²) in [6.45, 7) is 5.60. The van der Waals surface area contributed by atoms with Gasteiger partial charge in [-0.1, -0.05) is 52.3 Å². The molecule has 172 valence electrons. The molecule has 4 aromatic rings. The molecule has 34 heavy (non-hydrogen) atoms. The molecule has 0 saturated heterocycles. The van der Waals surface area contributed by atoms with Crippen LogP contribution in [0.5, 0.6) is 0 Å². The van der Waals surface area contributed by atoms with E-state index in [1.165, 1.54) is 4.68 Å². The van der Waals surface area contributed by atoms with Crippen LogP contribution in [0, 0.1) is 20.8 Å². The summed E-state index contributed by atoms with van der Waals surface area (Å²) < 4.78 is 2.16. The molecule has 0 unspecified atom stereocenters. The maximum atomic E-state index is 13.2. The summed E-state index contributed by atoms with van der Waals surface area (Å²) in [4.78, 5) is 38.7. The molecule has 0 radical (unpaired) electrons. The number of fused-ring (bicyclic) bond motifs is 1. The lowest BCUT2D eigenvalue weighted by molar-refractivity contribution is -0.133. The summed E-state index contributed by atoms with van der Waals surface area (Å²) in [5.74, 6) is -2.15. The molecule has 0 aliphatic heterocycles. The Hall–Kier alpha value is -3.91. The number of aromatic nitrogens is 1. The Morgan fingerprint density at radius 2 is 1.44 bits per heavy atom. The highest BCUT2D eigenvalue weighted by atomic mass is 79.9. The number of rotatable bonds is 4. The number of halogens is 1. The normalized spacial score (nSPS) is 10.7. The van der Waals surface area contributed by atoms with Gasteiger partial charge in [0.15, 0.2) is 0 Å². The van der Waals surface area contributed by atoms with Crippen molar-refractivity contribution in [3.05, 3.63) is 93.6 Å². The molecule has 3 N–H and O–H groups in total. The summed E-state index contributed by atoms with van der Waals surface area (Å²) in [6.07, 6.45) is 0. The van der Waals surface area contributed by atoms with Crippen LogP contribution in [0.4, 0.5) is 11.4 Å². The summed E-state index contributed by atoms with van der Waals surface area (Å²) in [5.41, 5.74) is 7.17. The van der Waals surface area contributed by atoms with Gasteiger partial charge in [0.25, 0.3) is 5.91 Å². The van der Waals surface area contributed by atoms with Crippen LogP contribution in [0.15, 0.2) is 71.2 Å². The van der Waals surface area contributed by atoms with Crippen LogP contribution in [0.25, 0.3) is 10.9 Å². The molecule has 0 saturated carbocycles. The summed E-state index contributed by atoms with van der Waals surface area (Å²) >= 11 is 3.43. The summed E-state index contributed by atoms with van der Waals surface area (Å²) in [6, 6.07) is 20.0. The topological polar surface area (TPSA) is 92.2 Å². The molecule has 0 aliphatic rings. The van der Waals surface area contributed by atoms with Gasteiger partial charge in [0.05, 0.1) is 5.52 Å². The van der Waals surface area contributed by atoms with Gasteiger partial charge in [-0.15, -0.1) is 0 Å². The Kier molecular flexibility index (Phi) is 6.51. The number of amides is 3. The van der Waals surface area contributed by atoms with E-state index in [9.17, 15) is 14.4 Å². The van der Waals surface area contributed by atoms with Crippen molar-refractivity contribution in [3.8, 4) is 0 Å². The van der Waals surface area contributed by atoms with E-state index in [0.29, 0.717) is 16.9 Å². The van der Waals surface area contributed by atoms with Crippen LogP contribution in [-0.4, -0.2) is 22.4 Å². The van der Waals surface area contributed by atoms with Gasteiger partial charge >= 0.3 is 11.8 Å². The lowest BCUT2D eigenvalue weighted by atomic mass is 10.1. The SMILES string of the molecule is Cc1ccccc1NC(=O)c1cc2cc(Br)ccc2n1NC(=O)C(=O)Nc1c(C)cccc1C. The lowest BCUT2D eigenvalue weighted by Crippen LogP contribution is -2.36. The van der Waals surface area contributed by atoms with E-state index in [-0.39, 0.29) is 5.69 Å². The van der Waals surface area contributed by atoms with Crippen LogP contribution < -0.4 is 16.1 Å². The smallest absolute Gasteiger partial charge is 0.320 e. The molecule has 0 aliphatic carbocycles. The zero-order chi connectivity index (χ0) is 24.4. The highest BCUT2D eigenvalue weighted by Gasteiger charge is 2.22. The number of carbonyl (C=O) groups excluding carboxylic acids is 3. The van der Waals surface area contributed by atoms with Crippen molar-refractivity contribution in [2.24, 2.45) is 0 Å². The molecule has 3 aromatic carbocycles. The van der Waals surface area contributed by atoms with E-state index in [1.54, 1.807) is 24.3 Å². The van der Waals surface area contributed by atoms with Gasteiger partial charge in [-0.25, -0.2) is 4.68 Å². The van der Waals surface area contributed by atoms with E-state index >= 15 is 0 Å². The average Bonchev–Trinajstić information content (AvgIpc) is 3.15. The number of nitrogens with one attached hydrogen (secondary N) is 3. The van der Waals surface area contributed by atoms with Crippen LogP contribution in [0.2, 0.25) is 0 Å². The quantitative estimate of drug-likeness (QED) is 0.320. The van der Waals surface area contributed by atoms with Gasteiger partial charge in [0.2, 0.25) is 0 Å². The molecule has 0 fully saturated rings. The minimum Gasteiger partial charge on any atom is -0.320 e. The first kappa shape index (κ1) is 23.3. The monoisotopic (exact) mass is 518 g/mol. The molecule has 0 atom stereocenters. The van der Waals surface area contributed by atoms with Crippen molar-refractivity contribution >= 4 is 55.9 Å². The Morgan fingerprint density at radius 3 is 2.15 bits per heavy atom. The maximum absolute atomic E-state index is 13.2. The third kappa shape index (κ3) is 4.72. The molecular formula is C26H23BrN4O3. The van der Waals surface area contributed by atoms with E-state index in [4.69, 9.17) is 0 Å². The summed E-state index contributed by atoms with van der Waals surface area (Å²) in [7, 11) is 0. The van der Waals surface area contributed by atoms with E-state index in [0.717, 1.165) is 26.5 Å². The molecular weight excluding hydrogens is 496 g/mol. The molecule has 0 spiro atoms. The Morgan fingerprint density at radius 1 is 0.765 bits per heavy atom. The fraction of sp³-hybridized carbons (Fsp3) is 0.115. The van der Waals surface area contributed by atoms with Gasteiger partial charge in [-0.3, -0.25) is 19.8 Å². The van der Waals surface area contributed by atoms with Crippen LogP contribution in [0.3, 0.4) is 0 Å². The fourth-order valence-corrected chi connectivity index (χ4v) is 4.09. The Bertz CT molecular complexity index is 1420. The van der Waals surface area contributed by atoms with Gasteiger partial charge in [-0.05, 0) is 67.8 Å². The standard InChI is InChI=1S/C26H23BrN4O3/c1-15-7-4-5-10-20(15)28-24(32)22-14-18-13-19(27)11-12-21(18)31(22)30-26(34)25(33)29-23-16(2)8-6-9-17(23)3/h4-14H,1-3H3,(H,28,32)(H,29,33)(H,30,34).